The highest BCUT2D eigenvalue weighted by molar-refractivity contribution is 7.90. The Morgan fingerprint density at radius 2 is 1.79 bits per heavy atom. The van der Waals surface area contributed by atoms with Crippen molar-refractivity contribution >= 4 is 22.1 Å². The molecule has 0 unspecified atom stereocenters. The second-order valence-electron chi connectivity index (χ2n) is 9.14. The van der Waals surface area contributed by atoms with Crippen LogP contribution in [0.1, 0.15) is 24.6 Å². The van der Waals surface area contributed by atoms with E-state index in [-0.39, 0.29) is 40.8 Å². The van der Waals surface area contributed by atoms with Crippen molar-refractivity contribution in [2.45, 2.75) is 37.4 Å². The summed E-state index contributed by atoms with van der Waals surface area (Å²) < 4.78 is 78.1. The van der Waals surface area contributed by atoms with Gasteiger partial charge in [-0.1, -0.05) is 36.8 Å². The van der Waals surface area contributed by atoms with Gasteiger partial charge in [0.1, 0.15) is 19.2 Å². The molecule has 18 heteroatoms. The molecule has 0 saturated carbocycles. The molecule has 4 rings (SSSR count). The van der Waals surface area contributed by atoms with E-state index >= 15 is 0 Å². The number of aromatic nitrogens is 2. The lowest BCUT2D eigenvalue weighted by atomic mass is 10.1. The summed E-state index contributed by atoms with van der Waals surface area (Å²) in [6, 6.07) is 12.3. The van der Waals surface area contributed by atoms with Crippen LogP contribution in [0.3, 0.4) is 0 Å². The van der Waals surface area contributed by atoms with Gasteiger partial charge in [0.2, 0.25) is 5.28 Å². The van der Waals surface area contributed by atoms with Crippen molar-refractivity contribution in [2.75, 3.05) is 19.9 Å². The largest absolute Gasteiger partial charge is 0.569 e. The van der Waals surface area contributed by atoms with E-state index in [0.717, 1.165) is 33.5 Å². The molecule has 2 heterocycles. The lowest BCUT2D eigenvalue weighted by Gasteiger charge is -2.33. The van der Waals surface area contributed by atoms with E-state index in [9.17, 15) is 36.4 Å². The molecule has 1 fully saturated rings. The van der Waals surface area contributed by atoms with Gasteiger partial charge in [-0.05, 0) is 37.3 Å². The third kappa shape index (κ3) is 7.70. The van der Waals surface area contributed by atoms with Crippen LogP contribution in [0.5, 0.6) is 0 Å². The van der Waals surface area contributed by atoms with Gasteiger partial charge in [-0.3, -0.25) is 4.79 Å². The number of carbonyl (C=O) groups is 2. The zero-order valence-corrected chi connectivity index (χ0v) is 23.5. The van der Waals surface area contributed by atoms with Gasteiger partial charge in [-0.2, -0.15) is 18.3 Å². The summed E-state index contributed by atoms with van der Waals surface area (Å²) in [4.78, 5) is 27.4. The van der Waals surface area contributed by atoms with Gasteiger partial charge < -0.3 is 19.5 Å². The number of benzene rings is 2. The van der Waals surface area contributed by atoms with Gasteiger partial charge >= 0.3 is 18.2 Å². The predicted molar refractivity (Wildman–Crippen MR) is 139 cm³/mol. The van der Waals surface area contributed by atoms with E-state index < -0.39 is 46.9 Å². The van der Waals surface area contributed by atoms with Crippen molar-refractivity contribution in [1.82, 2.24) is 19.5 Å². The van der Waals surface area contributed by atoms with E-state index in [4.69, 9.17) is 4.74 Å². The van der Waals surface area contributed by atoms with E-state index in [1.807, 2.05) is 6.92 Å². The fourth-order valence-corrected chi connectivity index (χ4v) is 4.59. The molecule has 1 aliphatic heterocycles. The Labute approximate surface area is 242 Å². The van der Waals surface area contributed by atoms with Crippen LogP contribution >= 0.6 is 0 Å². The number of hydrogen-bond acceptors (Lipinski definition) is 10. The fraction of sp³-hybridized carbons (Fsp3) is 0.320. The molecular weight excluding hydrogens is 601 g/mol. The maximum absolute atomic E-state index is 13.4. The van der Waals surface area contributed by atoms with Crippen LogP contribution in [0.15, 0.2) is 64.8 Å². The van der Waals surface area contributed by atoms with Crippen LogP contribution in [-0.4, -0.2) is 66.2 Å². The SMILES string of the molecule is CCC(=O)OCON=[N+]([O-])N1CC(OC(=O)NS(=O)(=O)c2ccc(-n3nc(C(F)(F)F)cc3-c3ccc(C)cc3)cc2)C1. The fourth-order valence-electron chi connectivity index (χ4n) is 3.71. The van der Waals surface area contributed by atoms with Crippen molar-refractivity contribution in [2.24, 2.45) is 5.28 Å². The number of nitrogens with one attached hydrogen (secondary N) is 1. The minimum atomic E-state index is -4.71. The Kier molecular flexibility index (Phi) is 9.07. The molecule has 43 heavy (non-hydrogen) atoms. The lowest BCUT2D eigenvalue weighted by molar-refractivity contribution is -0.727. The van der Waals surface area contributed by atoms with Crippen LogP contribution in [-0.2, 0) is 35.3 Å². The highest BCUT2D eigenvalue weighted by Gasteiger charge is 2.37. The topological polar surface area (TPSA) is 167 Å². The Hall–Kier alpha value is -4.87. The average Bonchev–Trinajstić information content (AvgIpc) is 3.39. The number of hydrazine groups is 1. The number of alkyl halides is 3. The summed E-state index contributed by atoms with van der Waals surface area (Å²) >= 11 is 0. The standard InChI is InChI=1S/C25H25F3N6O8S/c1-3-23(35)40-15-41-31-34(37)32-13-19(14-32)42-24(36)30-43(38,39)20-10-8-18(9-11-20)33-21(12-22(29-33)25(26,27)28)17-6-4-16(2)5-7-17/h4-12,19H,3,13-15H2,1-2H3,(H,30,36). The van der Waals surface area contributed by atoms with Crippen LogP contribution in [0.25, 0.3) is 16.9 Å². The van der Waals surface area contributed by atoms with Crippen molar-refractivity contribution in [3.8, 4) is 16.9 Å². The number of sulfonamides is 1. The first-order valence-corrected chi connectivity index (χ1v) is 14.0. The first-order valence-electron chi connectivity index (χ1n) is 12.6. The molecule has 0 aliphatic carbocycles. The minimum absolute atomic E-state index is 0.0529. The van der Waals surface area contributed by atoms with Gasteiger partial charge in [0.15, 0.2) is 5.69 Å². The molecule has 230 valence electrons. The second kappa shape index (κ2) is 12.6. The third-order valence-corrected chi connectivity index (χ3v) is 7.32. The van der Waals surface area contributed by atoms with Crippen molar-refractivity contribution in [1.29, 1.82) is 0 Å². The lowest BCUT2D eigenvalue weighted by Crippen LogP contribution is -2.56. The Balaban J connectivity index is 1.37. The molecule has 0 radical (unpaired) electrons. The average molecular weight is 627 g/mol. The van der Waals surface area contributed by atoms with Crippen molar-refractivity contribution < 1.29 is 50.5 Å². The summed E-state index contributed by atoms with van der Waals surface area (Å²) in [6.07, 6.45) is -6.75. The first-order chi connectivity index (χ1) is 20.3. The number of esters is 1. The highest BCUT2D eigenvalue weighted by atomic mass is 32.2. The molecule has 14 nitrogen and oxygen atoms in total. The van der Waals surface area contributed by atoms with Crippen LogP contribution in [0.2, 0.25) is 0 Å². The summed E-state index contributed by atoms with van der Waals surface area (Å²) in [5.41, 5.74) is 0.514. The summed E-state index contributed by atoms with van der Waals surface area (Å²) in [5.74, 6) is -0.549. The molecule has 2 aromatic carbocycles. The number of halogens is 3. The smallest absolute Gasteiger partial charge is 0.435 e. The minimum Gasteiger partial charge on any atom is -0.569 e. The number of hydrogen-bond donors (Lipinski definition) is 1. The normalized spacial score (nSPS) is 14.2. The van der Waals surface area contributed by atoms with Crippen LogP contribution in [0.4, 0.5) is 18.0 Å². The molecule has 1 aromatic heterocycles. The molecular formula is C25H25F3N6O8S. The molecule has 0 atom stereocenters. The van der Waals surface area contributed by atoms with Gasteiger partial charge in [0.05, 0.1) is 21.2 Å². The molecule has 0 bridgehead atoms. The second-order valence-corrected chi connectivity index (χ2v) is 10.8. The number of ether oxygens (including phenoxy) is 2. The maximum Gasteiger partial charge on any atom is 0.435 e. The van der Waals surface area contributed by atoms with Crippen LogP contribution < -0.4 is 4.72 Å². The zero-order valence-electron chi connectivity index (χ0n) is 22.6. The monoisotopic (exact) mass is 626 g/mol. The van der Waals surface area contributed by atoms with Gasteiger partial charge in [0, 0.05) is 12.0 Å². The van der Waals surface area contributed by atoms with Crippen molar-refractivity contribution in [3.63, 3.8) is 0 Å². The quantitative estimate of drug-likeness (QED) is 0.0875. The number of carbonyl (C=O) groups excluding carboxylic acids is 2. The number of aryl methyl sites for hydroxylation is 1. The highest BCUT2D eigenvalue weighted by Crippen LogP contribution is 2.33. The molecule has 1 N–H and O–H groups in total. The Morgan fingerprint density at radius 3 is 2.40 bits per heavy atom. The summed E-state index contributed by atoms with van der Waals surface area (Å²) in [6.45, 7) is 2.59. The zero-order chi connectivity index (χ0) is 31.4. The summed E-state index contributed by atoms with van der Waals surface area (Å²) in [7, 11) is -4.43. The maximum atomic E-state index is 13.4. The van der Waals surface area contributed by atoms with Gasteiger partial charge in [-0.15, -0.1) is 5.01 Å². The predicted octanol–water partition coefficient (Wildman–Crippen LogP) is 3.69. The summed E-state index contributed by atoms with van der Waals surface area (Å²) in [5, 5.41) is 19.7. The molecule has 1 aliphatic rings. The number of rotatable bonds is 10. The number of amides is 1. The van der Waals surface area contributed by atoms with Gasteiger partial charge in [0.25, 0.3) is 16.8 Å². The van der Waals surface area contributed by atoms with Crippen molar-refractivity contribution in [3.05, 3.63) is 71.1 Å². The van der Waals surface area contributed by atoms with E-state index in [1.54, 1.807) is 35.9 Å². The molecule has 1 amide bonds. The molecule has 1 saturated heterocycles. The Bertz CT molecular complexity index is 1600. The van der Waals surface area contributed by atoms with E-state index in [0.29, 0.717) is 5.56 Å². The van der Waals surface area contributed by atoms with Gasteiger partial charge in [-0.25, -0.2) is 22.6 Å². The van der Waals surface area contributed by atoms with Crippen LogP contribution in [0, 0.1) is 12.1 Å². The number of nitrogens with zero attached hydrogens (tertiary/aromatic N) is 5. The first kappa shape index (κ1) is 31.1. The third-order valence-electron chi connectivity index (χ3n) is 5.99. The van der Waals surface area contributed by atoms with E-state index in [2.05, 4.69) is 20.0 Å². The molecule has 3 aromatic rings. The molecule has 0 spiro atoms. The van der Waals surface area contributed by atoms with E-state index in [1.165, 1.54) is 12.1 Å². The Morgan fingerprint density at radius 1 is 1.14 bits per heavy atom.